The summed E-state index contributed by atoms with van der Waals surface area (Å²) in [7, 11) is 0. The van der Waals surface area contributed by atoms with Crippen LogP contribution in [0.5, 0.6) is 0 Å². The molecular formula is C34H38N4O6. The number of hydrogen-bond acceptors (Lipinski definition) is 6. The van der Waals surface area contributed by atoms with Crippen LogP contribution in [0.2, 0.25) is 0 Å². The number of esters is 2. The van der Waals surface area contributed by atoms with Gasteiger partial charge < -0.3 is 9.47 Å². The minimum atomic E-state index is -0.944. The maximum Gasteiger partial charge on any atom is 0.332 e. The molecule has 10 heteroatoms. The molecule has 0 spiro atoms. The Morgan fingerprint density at radius 1 is 0.614 bits per heavy atom. The number of nitrogens with zero attached hydrogens (tertiary/aromatic N) is 4. The van der Waals surface area contributed by atoms with Gasteiger partial charge >= 0.3 is 24.0 Å². The third kappa shape index (κ3) is 7.91. The molecule has 0 aliphatic rings. The Bertz CT molecular complexity index is 1360. The largest absolute Gasteiger partial charge is 0.438 e. The zero-order chi connectivity index (χ0) is 32.2. The summed E-state index contributed by atoms with van der Waals surface area (Å²) in [6.07, 6.45) is 0.194. The van der Waals surface area contributed by atoms with Crippen LogP contribution in [0.15, 0.2) is 110 Å². The first-order valence-corrected chi connectivity index (χ1v) is 14.2. The molecule has 2 unspecified atom stereocenters. The summed E-state index contributed by atoms with van der Waals surface area (Å²) < 4.78 is 10.9. The van der Waals surface area contributed by atoms with Crippen molar-refractivity contribution in [2.75, 3.05) is 32.7 Å². The minimum absolute atomic E-state index is 0.276. The molecule has 0 saturated heterocycles. The van der Waals surface area contributed by atoms with Gasteiger partial charge in [-0.05, 0) is 70.2 Å². The van der Waals surface area contributed by atoms with Gasteiger partial charge in [-0.1, -0.05) is 55.6 Å². The lowest BCUT2D eigenvalue weighted by Crippen LogP contribution is -2.50. The van der Waals surface area contributed by atoms with E-state index in [0.717, 1.165) is 12.2 Å². The van der Waals surface area contributed by atoms with Crippen LogP contribution in [0.4, 0.5) is 32.3 Å². The van der Waals surface area contributed by atoms with Gasteiger partial charge in [0, 0.05) is 48.0 Å². The first kappa shape index (κ1) is 33.1. The number of urea groups is 2. The maximum atomic E-state index is 14.1. The highest BCUT2D eigenvalue weighted by Crippen LogP contribution is 2.29. The summed E-state index contributed by atoms with van der Waals surface area (Å²) >= 11 is 0. The first-order chi connectivity index (χ1) is 21.2. The van der Waals surface area contributed by atoms with E-state index in [1.807, 2.05) is 26.0 Å². The van der Waals surface area contributed by atoms with Gasteiger partial charge in [0.2, 0.25) is 0 Å². The Hall–Kier alpha value is -5.38. The minimum Gasteiger partial charge on any atom is -0.438 e. The van der Waals surface area contributed by atoms with Crippen LogP contribution in [0.1, 0.15) is 27.7 Å². The molecule has 3 rings (SSSR count). The maximum absolute atomic E-state index is 14.1. The number of para-hydroxylation sites is 2. The van der Waals surface area contributed by atoms with E-state index in [4.69, 9.17) is 9.47 Å². The van der Waals surface area contributed by atoms with Gasteiger partial charge in [0.15, 0.2) is 12.5 Å². The normalized spacial score (nSPS) is 11.7. The van der Waals surface area contributed by atoms with Crippen molar-refractivity contribution in [1.29, 1.82) is 0 Å². The second kappa shape index (κ2) is 15.7. The number of rotatable bonds is 12. The van der Waals surface area contributed by atoms with Crippen molar-refractivity contribution < 1.29 is 28.7 Å². The Balaban J connectivity index is 2.00. The third-order valence-corrected chi connectivity index (χ3v) is 6.66. The van der Waals surface area contributed by atoms with Crippen molar-refractivity contribution >= 4 is 46.8 Å². The van der Waals surface area contributed by atoms with Gasteiger partial charge in [-0.15, -0.1) is 0 Å². The Morgan fingerprint density at radius 3 is 1.27 bits per heavy atom. The van der Waals surface area contributed by atoms with E-state index >= 15 is 0 Å². The third-order valence-electron chi connectivity index (χ3n) is 6.66. The Morgan fingerprint density at radius 2 is 0.955 bits per heavy atom. The zero-order valence-electron chi connectivity index (χ0n) is 25.5. The summed E-state index contributed by atoms with van der Waals surface area (Å²) in [5.74, 6) is -1.33. The van der Waals surface area contributed by atoms with Crippen molar-refractivity contribution in [2.24, 2.45) is 0 Å². The fraction of sp³-hybridized carbons (Fsp3) is 0.235. The standard InChI is InChI=1S/C34H38N4O6/c1-7-31(39)43-25(5)37(27-18-13-11-14-19-27)33(41)35(9-3)29-22-17-23-30(24-29)36(10-4)34(42)38(26(6)44-32(40)8-2)28-20-15-12-16-21-28/h7-8,11-26H,1-2,9-10H2,3-6H3. The van der Waals surface area contributed by atoms with Gasteiger partial charge in [0.25, 0.3) is 0 Å². The van der Waals surface area contributed by atoms with Crippen molar-refractivity contribution in [1.82, 2.24) is 0 Å². The van der Waals surface area contributed by atoms with Gasteiger partial charge in [0.05, 0.1) is 0 Å². The van der Waals surface area contributed by atoms with Crippen LogP contribution in [-0.2, 0) is 19.1 Å². The molecule has 3 aromatic carbocycles. The molecule has 0 saturated carbocycles. The molecule has 4 amide bonds. The molecule has 0 heterocycles. The first-order valence-electron chi connectivity index (χ1n) is 14.2. The van der Waals surface area contributed by atoms with Crippen LogP contribution in [0.3, 0.4) is 0 Å². The summed E-state index contributed by atoms with van der Waals surface area (Å²) in [6.45, 7) is 14.3. The predicted octanol–water partition coefficient (Wildman–Crippen LogP) is 6.74. The molecular weight excluding hydrogens is 560 g/mol. The van der Waals surface area contributed by atoms with E-state index in [9.17, 15) is 19.2 Å². The second-order valence-corrected chi connectivity index (χ2v) is 9.47. The predicted molar refractivity (Wildman–Crippen MR) is 173 cm³/mol. The summed E-state index contributed by atoms with van der Waals surface area (Å²) in [5, 5.41) is 0. The molecule has 230 valence electrons. The van der Waals surface area contributed by atoms with Crippen molar-refractivity contribution in [3.63, 3.8) is 0 Å². The smallest absolute Gasteiger partial charge is 0.332 e. The number of anilines is 4. The number of carbonyl (C=O) groups excluding carboxylic acids is 4. The Kier molecular flexibility index (Phi) is 11.8. The lowest BCUT2D eigenvalue weighted by molar-refractivity contribution is -0.142. The van der Waals surface area contributed by atoms with Crippen LogP contribution in [-0.4, -0.2) is 49.5 Å². The summed E-state index contributed by atoms with van der Waals surface area (Å²) in [4.78, 5) is 58.0. The molecule has 0 radical (unpaired) electrons. The quantitative estimate of drug-likeness (QED) is 0.130. The van der Waals surface area contributed by atoms with E-state index in [-0.39, 0.29) is 13.1 Å². The van der Waals surface area contributed by atoms with Crippen molar-refractivity contribution in [2.45, 2.75) is 40.2 Å². The molecule has 0 aliphatic heterocycles. The lowest BCUT2D eigenvalue weighted by Gasteiger charge is -2.35. The highest BCUT2D eigenvalue weighted by Gasteiger charge is 2.31. The summed E-state index contributed by atoms with van der Waals surface area (Å²) in [5.41, 5.74) is 2.09. The van der Waals surface area contributed by atoms with E-state index < -0.39 is 36.5 Å². The van der Waals surface area contributed by atoms with Crippen LogP contribution in [0.25, 0.3) is 0 Å². The average molecular weight is 599 g/mol. The fourth-order valence-corrected chi connectivity index (χ4v) is 4.61. The van der Waals surface area contributed by atoms with Crippen molar-refractivity contribution in [3.8, 4) is 0 Å². The number of benzene rings is 3. The molecule has 0 bridgehead atoms. The molecule has 3 aromatic rings. The average Bonchev–Trinajstić information content (AvgIpc) is 3.03. The van der Waals surface area contributed by atoms with Crippen molar-refractivity contribution in [3.05, 3.63) is 110 Å². The lowest BCUT2D eigenvalue weighted by atomic mass is 10.2. The van der Waals surface area contributed by atoms with Crippen LogP contribution >= 0.6 is 0 Å². The monoisotopic (exact) mass is 598 g/mol. The highest BCUT2D eigenvalue weighted by atomic mass is 16.6. The van der Waals surface area contributed by atoms with E-state index in [1.54, 1.807) is 86.6 Å². The molecule has 0 N–H and O–H groups in total. The SMILES string of the molecule is C=CC(=O)OC(C)N(C(=O)N(CC)c1cccc(N(CC)C(=O)N(c2ccccc2)C(C)OC(=O)C=C)c1)c1ccccc1. The number of carbonyl (C=O) groups is 4. The van der Waals surface area contributed by atoms with Gasteiger partial charge in [-0.3, -0.25) is 19.6 Å². The molecule has 44 heavy (non-hydrogen) atoms. The van der Waals surface area contributed by atoms with Gasteiger partial charge in [-0.25, -0.2) is 19.2 Å². The van der Waals surface area contributed by atoms with Gasteiger partial charge in [-0.2, -0.15) is 0 Å². The number of ether oxygens (including phenoxy) is 2. The van der Waals surface area contributed by atoms with E-state index in [1.165, 1.54) is 19.6 Å². The highest BCUT2D eigenvalue weighted by molar-refractivity contribution is 6.06. The Labute approximate surface area is 258 Å². The fourth-order valence-electron chi connectivity index (χ4n) is 4.61. The van der Waals surface area contributed by atoms with Crippen LogP contribution in [0, 0.1) is 0 Å². The number of amides is 4. The van der Waals surface area contributed by atoms with Crippen LogP contribution < -0.4 is 19.6 Å². The molecule has 0 fully saturated rings. The van der Waals surface area contributed by atoms with E-state index in [2.05, 4.69) is 13.2 Å². The topological polar surface area (TPSA) is 99.7 Å². The number of hydrogen-bond donors (Lipinski definition) is 0. The second-order valence-electron chi connectivity index (χ2n) is 9.47. The van der Waals surface area contributed by atoms with E-state index in [0.29, 0.717) is 22.7 Å². The zero-order valence-corrected chi connectivity index (χ0v) is 25.5. The van der Waals surface area contributed by atoms with Gasteiger partial charge in [0.1, 0.15) is 0 Å². The molecule has 0 aromatic heterocycles. The molecule has 2 atom stereocenters. The molecule has 10 nitrogen and oxygen atoms in total. The molecule has 0 aliphatic carbocycles. The summed E-state index contributed by atoms with van der Waals surface area (Å²) in [6, 6.07) is 23.9.